The van der Waals surface area contributed by atoms with Gasteiger partial charge in [0, 0.05) is 31.9 Å². The van der Waals surface area contributed by atoms with Gasteiger partial charge >= 0.3 is 0 Å². The standard InChI is InChI=1S/C25H27Br2NS3/c1-4-6-7-8-9-17-13-21(31-25(17)27)19-11-10-18(20-12-15(3)24(26)30-20)22-16(5-2)14-29-28-23(19)22/h10-13H,4-9,14H2,1-3H3. The zero-order valence-corrected chi connectivity index (χ0v) is 23.8. The average Bonchev–Trinajstić information content (AvgIpc) is 3.31. The molecule has 1 aliphatic rings. The Bertz CT molecular complexity index is 1190. The molecule has 0 saturated carbocycles. The Morgan fingerprint density at radius 1 is 0.935 bits per heavy atom. The van der Waals surface area contributed by atoms with Crippen LogP contribution in [-0.2, 0) is 6.42 Å². The molecule has 0 atom stereocenters. The molecule has 0 unspecified atom stereocenters. The van der Waals surface area contributed by atoms with Crippen molar-refractivity contribution in [2.75, 3.05) is 5.75 Å². The van der Waals surface area contributed by atoms with Crippen molar-refractivity contribution in [2.45, 2.75) is 59.3 Å². The van der Waals surface area contributed by atoms with Crippen LogP contribution in [0.2, 0.25) is 0 Å². The van der Waals surface area contributed by atoms with Gasteiger partial charge in [0.2, 0.25) is 0 Å². The number of rotatable bonds is 8. The van der Waals surface area contributed by atoms with Crippen LogP contribution in [0.15, 0.2) is 36.2 Å². The minimum atomic E-state index is 0.988. The number of thiophene rings is 2. The molecule has 164 valence electrons. The second kappa shape index (κ2) is 10.7. The molecule has 0 bridgehead atoms. The molecule has 0 aliphatic carbocycles. The van der Waals surface area contributed by atoms with Gasteiger partial charge in [-0.1, -0.05) is 45.2 Å². The van der Waals surface area contributed by atoms with E-state index < -0.39 is 0 Å². The van der Waals surface area contributed by atoms with Gasteiger partial charge < -0.3 is 0 Å². The first-order valence-electron chi connectivity index (χ1n) is 10.9. The fraction of sp³-hybridized carbons (Fsp3) is 0.400. The van der Waals surface area contributed by atoms with Crippen LogP contribution in [0.5, 0.6) is 0 Å². The monoisotopic (exact) mass is 595 g/mol. The molecule has 31 heavy (non-hydrogen) atoms. The van der Waals surface area contributed by atoms with Crippen LogP contribution in [0.25, 0.3) is 26.5 Å². The highest BCUT2D eigenvalue weighted by atomic mass is 79.9. The molecule has 0 saturated heterocycles. The van der Waals surface area contributed by atoms with Crippen molar-refractivity contribution < 1.29 is 0 Å². The molecule has 0 radical (unpaired) electrons. The number of fused-ring (bicyclic) bond motifs is 1. The van der Waals surface area contributed by atoms with Crippen LogP contribution in [0.3, 0.4) is 0 Å². The predicted octanol–water partition coefficient (Wildman–Crippen LogP) is 8.94. The molecule has 3 heterocycles. The second-order valence-electron chi connectivity index (χ2n) is 7.99. The Labute approximate surface area is 214 Å². The zero-order valence-electron chi connectivity index (χ0n) is 18.2. The minimum Gasteiger partial charge on any atom is -0.215 e. The van der Waals surface area contributed by atoms with Crippen molar-refractivity contribution in [2.24, 2.45) is 4.40 Å². The van der Waals surface area contributed by atoms with Gasteiger partial charge in [-0.2, -0.15) is 0 Å². The smallest absolute Gasteiger partial charge is 0.0878 e. The Balaban J connectivity index is 1.82. The molecular weight excluding hydrogens is 570 g/mol. The van der Waals surface area contributed by atoms with Crippen LogP contribution in [-0.4, -0.2) is 5.75 Å². The van der Waals surface area contributed by atoms with Crippen LogP contribution in [0.4, 0.5) is 0 Å². The topological polar surface area (TPSA) is 12.4 Å². The SMILES string of the molecule is CCCCCCc1cc(-c2ccc(-c3cc(C)c(Br)s3)c3c2=NSCC=3CC)sc1Br. The van der Waals surface area contributed by atoms with Crippen molar-refractivity contribution >= 4 is 72.1 Å². The number of aryl methyl sites for hydroxylation is 2. The van der Waals surface area contributed by atoms with Crippen molar-refractivity contribution in [1.29, 1.82) is 0 Å². The highest BCUT2D eigenvalue weighted by Gasteiger charge is 2.18. The van der Waals surface area contributed by atoms with Crippen molar-refractivity contribution in [1.82, 2.24) is 0 Å². The van der Waals surface area contributed by atoms with E-state index in [0.717, 1.165) is 18.6 Å². The summed E-state index contributed by atoms with van der Waals surface area (Å²) in [4.78, 5) is 2.65. The van der Waals surface area contributed by atoms with E-state index in [1.807, 2.05) is 22.7 Å². The largest absolute Gasteiger partial charge is 0.215 e. The Kier molecular flexibility index (Phi) is 8.19. The third-order valence-corrected chi connectivity index (χ3v) is 10.8. The number of benzene rings is 1. The van der Waals surface area contributed by atoms with Crippen LogP contribution >= 0.6 is 66.5 Å². The summed E-state index contributed by atoms with van der Waals surface area (Å²) in [6.45, 7) is 6.71. The number of unbranched alkanes of at least 4 members (excludes halogenated alkanes) is 3. The maximum atomic E-state index is 4.99. The first-order chi connectivity index (χ1) is 15.0. The van der Waals surface area contributed by atoms with E-state index >= 15 is 0 Å². The number of hydrogen-bond acceptors (Lipinski definition) is 4. The van der Waals surface area contributed by atoms with Gasteiger partial charge in [-0.25, -0.2) is 4.40 Å². The highest BCUT2D eigenvalue weighted by Crippen LogP contribution is 2.37. The second-order valence-corrected chi connectivity index (χ2v) is 13.5. The summed E-state index contributed by atoms with van der Waals surface area (Å²) in [6, 6.07) is 9.30. The molecule has 2 aromatic heterocycles. The predicted molar refractivity (Wildman–Crippen MR) is 148 cm³/mol. The van der Waals surface area contributed by atoms with Gasteiger partial charge in [-0.3, -0.25) is 0 Å². The summed E-state index contributed by atoms with van der Waals surface area (Å²) in [6.07, 6.45) is 7.40. The van der Waals surface area contributed by atoms with Gasteiger partial charge in [-0.05, 0) is 98.8 Å². The average molecular weight is 598 g/mol. The number of nitrogens with zero attached hydrogens (tertiary/aromatic N) is 1. The summed E-state index contributed by atoms with van der Waals surface area (Å²) in [7, 11) is 0. The van der Waals surface area contributed by atoms with E-state index in [9.17, 15) is 0 Å². The molecule has 1 aliphatic heterocycles. The van der Waals surface area contributed by atoms with Gasteiger partial charge in [0.1, 0.15) is 0 Å². The summed E-state index contributed by atoms with van der Waals surface area (Å²) in [5, 5.41) is 2.53. The van der Waals surface area contributed by atoms with E-state index in [1.165, 1.54) is 81.4 Å². The molecule has 6 heteroatoms. The van der Waals surface area contributed by atoms with E-state index in [4.69, 9.17) is 4.40 Å². The molecule has 3 aromatic rings. The van der Waals surface area contributed by atoms with E-state index in [1.54, 1.807) is 11.9 Å². The van der Waals surface area contributed by atoms with Crippen LogP contribution in [0, 0.1) is 6.92 Å². The Morgan fingerprint density at radius 2 is 1.68 bits per heavy atom. The summed E-state index contributed by atoms with van der Waals surface area (Å²) in [5.41, 5.74) is 6.84. The first kappa shape index (κ1) is 23.7. The van der Waals surface area contributed by atoms with Gasteiger partial charge in [0.25, 0.3) is 0 Å². The summed E-state index contributed by atoms with van der Waals surface area (Å²) >= 11 is 12.9. The van der Waals surface area contributed by atoms with E-state index in [0.29, 0.717) is 0 Å². The third-order valence-electron chi connectivity index (χ3n) is 5.80. The number of hydrogen-bond donors (Lipinski definition) is 0. The molecule has 0 fully saturated rings. The van der Waals surface area contributed by atoms with Gasteiger partial charge in [-0.15, -0.1) is 22.7 Å². The molecular formula is C25H27Br2NS3. The Morgan fingerprint density at radius 3 is 2.39 bits per heavy atom. The zero-order chi connectivity index (χ0) is 22.0. The van der Waals surface area contributed by atoms with Crippen molar-refractivity contribution in [3.63, 3.8) is 0 Å². The fourth-order valence-corrected chi connectivity index (χ4v) is 8.27. The lowest BCUT2D eigenvalue weighted by atomic mass is 9.99. The summed E-state index contributed by atoms with van der Waals surface area (Å²) in [5.74, 6) is 0.988. The fourth-order valence-electron chi connectivity index (χ4n) is 4.02. The lowest BCUT2D eigenvalue weighted by Crippen LogP contribution is -2.33. The van der Waals surface area contributed by atoms with E-state index in [2.05, 4.69) is 76.9 Å². The normalized spacial score (nSPS) is 13.4. The maximum absolute atomic E-state index is 4.99. The molecule has 0 amide bonds. The minimum absolute atomic E-state index is 0.988. The first-order valence-corrected chi connectivity index (χ1v) is 15.1. The van der Waals surface area contributed by atoms with Crippen molar-refractivity contribution in [3.05, 3.63) is 53.5 Å². The number of halogens is 2. The lowest BCUT2D eigenvalue weighted by Gasteiger charge is -2.14. The molecule has 1 aromatic carbocycles. The lowest BCUT2D eigenvalue weighted by molar-refractivity contribution is 0.667. The van der Waals surface area contributed by atoms with Crippen LogP contribution in [0.1, 0.15) is 57.1 Å². The van der Waals surface area contributed by atoms with Gasteiger partial charge in [0.05, 0.1) is 12.9 Å². The molecule has 4 rings (SSSR count). The third kappa shape index (κ3) is 5.08. The quantitative estimate of drug-likeness (QED) is 0.187. The molecule has 1 nitrogen and oxygen atoms in total. The molecule has 0 spiro atoms. The molecule has 0 N–H and O–H groups in total. The highest BCUT2D eigenvalue weighted by molar-refractivity contribution is 9.11. The maximum Gasteiger partial charge on any atom is 0.0878 e. The van der Waals surface area contributed by atoms with E-state index in [-0.39, 0.29) is 0 Å². The summed E-state index contributed by atoms with van der Waals surface area (Å²) < 4.78 is 7.48. The van der Waals surface area contributed by atoms with Crippen LogP contribution < -0.4 is 10.6 Å². The van der Waals surface area contributed by atoms with Gasteiger partial charge in [0.15, 0.2) is 0 Å². The Hall–Kier alpha value is -0.400. The van der Waals surface area contributed by atoms with Crippen molar-refractivity contribution in [3.8, 4) is 20.9 Å².